The molecule has 0 bridgehead atoms. The lowest BCUT2D eigenvalue weighted by Gasteiger charge is -1.96. The molecule has 0 aliphatic heterocycles. The van der Waals surface area contributed by atoms with Crippen molar-refractivity contribution in [3.63, 3.8) is 0 Å². The van der Waals surface area contributed by atoms with Gasteiger partial charge in [0, 0.05) is 13.0 Å². The summed E-state index contributed by atoms with van der Waals surface area (Å²) in [6, 6.07) is 0. The van der Waals surface area contributed by atoms with Crippen LogP contribution in [0.4, 0.5) is 0 Å². The normalized spacial score (nSPS) is 10.2. The van der Waals surface area contributed by atoms with Gasteiger partial charge in [-0.2, -0.15) is 0 Å². The van der Waals surface area contributed by atoms with Crippen LogP contribution < -0.4 is 4.74 Å². The molecule has 0 spiro atoms. The van der Waals surface area contributed by atoms with Crippen LogP contribution in [-0.4, -0.2) is 33.6 Å². The van der Waals surface area contributed by atoms with Gasteiger partial charge in [-0.15, -0.1) is 5.10 Å². The highest BCUT2D eigenvalue weighted by Gasteiger charge is 2.02. The highest BCUT2D eigenvalue weighted by atomic mass is 32.1. The fourth-order valence-corrected chi connectivity index (χ4v) is 1.16. The Bertz CT molecular complexity index is 228. The third-order valence-corrected chi connectivity index (χ3v) is 1.93. The standard InChI is InChI=1S/C6H10N2O3S/c9-2-1-3-11-6-8-7-5(4-10)12-6/h9-10H,1-4H2. The number of nitrogens with zero attached hydrogens (tertiary/aromatic N) is 2. The Hall–Kier alpha value is -0.720. The summed E-state index contributed by atoms with van der Waals surface area (Å²) in [7, 11) is 0. The molecule has 12 heavy (non-hydrogen) atoms. The van der Waals surface area contributed by atoms with Gasteiger partial charge in [-0.3, -0.25) is 0 Å². The van der Waals surface area contributed by atoms with E-state index in [2.05, 4.69) is 10.2 Å². The summed E-state index contributed by atoms with van der Waals surface area (Å²) >= 11 is 1.21. The fourth-order valence-electron chi connectivity index (χ4n) is 0.584. The Morgan fingerprint density at radius 1 is 1.33 bits per heavy atom. The second kappa shape index (κ2) is 5.02. The summed E-state index contributed by atoms with van der Waals surface area (Å²) in [6.45, 7) is 0.420. The van der Waals surface area contributed by atoms with Gasteiger partial charge in [0.1, 0.15) is 5.01 Å². The van der Waals surface area contributed by atoms with Crippen LogP contribution in [0.2, 0.25) is 0 Å². The molecule has 2 N–H and O–H groups in total. The van der Waals surface area contributed by atoms with E-state index in [-0.39, 0.29) is 13.2 Å². The molecule has 0 amide bonds. The summed E-state index contributed by atoms with van der Waals surface area (Å²) < 4.78 is 5.10. The molecule has 0 saturated heterocycles. The smallest absolute Gasteiger partial charge is 0.294 e. The van der Waals surface area contributed by atoms with Crippen molar-refractivity contribution < 1.29 is 14.9 Å². The van der Waals surface area contributed by atoms with Crippen LogP contribution in [0.1, 0.15) is 11.4 Å². The molecule has 0 atom stereocenters. The molecule has 1 heterocycles. The van der Waals surface area contributed by atoms with Gasteiger partial charge in [0.05, 0.1) is 13.2 Å². The van der Waals surface area contributed by atoms with Crippen LogP contribution >= 0.6 is 11.3 Å². The van der Waals surface area contributed by atoms with Crippen LogP contribution in [0, 0.1) is 0 Å². The first-order valence-electron chi connectivity index (χ1n) is 3.53. The van der Waals surface area contributed by atoms with Crippen molar-refractivity contribution in [2.75, 3.05) is 13.2 Å². The molecular formula is C6H10N2O3S. The molecular weight excluding hydrogens is 180 g/mol. The topological polar surface area (TPSA) is 75.5 Å². The van der Waals surface area contributed by atoms with Gasteiger partial charge in [-0.05, 0) is 0 Å². The zero-order valence-corrected chi connectivity index (χ0v) is 7.25. The summed E-state index contributed by atoms with van der Waals surface area (Å²) in [5.74, 6) is 0. The van der Waals surface area contributed by atoms with Gasteiger partial charge in [0.2, 0.25) is 0 Å². The maximum atomic E-state index is 8.63. The first-order valence-corrected chi connectivity index (χ1v) is 4.35. The average Bonchev–Trinajstić information content (AvgIpc) is 2.53. The zero-order chi connectivity index (χ0) is 8.81. The Labute approximate surface area is 73.6 Å². The maximum Gasteiger partial charge on any atom is 0.294 e. The highest BCUT2D eigenvalue weighted by molar-refractivity contribution is 7.13. The number of aromatic nitrogens is 2. The summed E-state index contributed by atoms with van der Waals surface area (Å²) in [5.41, 5.74) is 0. The van der Waals surface area contributed by atoms with Crippen molar-refractivity contribution in [3.8, 4) is 5.19 Å². The zero-order valence-electron chi connectivity index (χ0n) is 6.43. The molecule has 0 aromatic carbocycles. The molecule has 0 saturated carbocycles. The lowest BCUT2D eigenvalue weighted by atomic mass is 10.5. The van der Waals surface area contributed by atoms with Crippen LogP contribution in [0.5, 0.6) is 5.19 Å². The van der Waals surface area contributed by atoms with Crippen molar-refractivity contribution in [2.45, 2.75) is 13.0 Å². The Morgan fingerprint density at radius 3 is 2.75 bits per heavy atom. The summed E-state index contributed by atoms with van der Waals surface area (Å²) in [5, 5.41) is 25.4. The largest absolute Gasteiger partial charge is 0.469 e. The van der Waals surface area contributed by atoms with Crippen molar-refractivity contribution in [3.05, 3.63) is 5.01 Å². The van der Waals surface area contributed by atoms with Crippen LogP contribution in [0.15, 0.2) is 0 Å². The van der Waals surface area contributed by atoms with Crippen LogP contribution in [0.25, 0.3) is 0 Å². The molecule has 1 aromatic rings. The minimum Gasteiger partial charge on any atom is -0.469 e. The summed E-state index contributed by atoms with van der Waals surface area (Å²) in [6.07, 6.45) is 0.577. The number of ether oxygens (including phenoxy) is 1. The second-order valence-corrected chi connectivity index (χ2v) is 3.07. The fraction of sp³-hybridized carbons (Fsp3) is 0.667. The van der Waals surface area contributed by atoms with Gasteiger partial charge < -0.3 is 14.9 Å². The summed E-state index contributed by atoms with van der Waals surface area (Å²) in [4.78, 5) is 0. The Kier molecular flexibility index (Phi) is 3.92. The van der Waals surface area contributed by atoms with E-state index in [0.29, 0.717) is 23.2 Å². The first-order chi connectivity index (χ1) is 5.86. The minimum atomic E-state index is -0.110. The van der Waals surface area contributed by atoms with E-state index in [4.69, 9.17) is 14.9 Å². The molecule has 0 aliphatic carbocycles. The predicted octanol–water partition coefficient (Wildman–Crippen LogP) is -0.208. The number of aliphatic hydroxyl groups is 2. The molecule has 0 radical (unpaired) electrons. The quantitative estimate of drug-likeness (QED) is 0.628. The van der Waals surface area contributed by atoms with Crippen molar-refractivity contribution in [1.82, 2.24) is 10.2 Å². The maximum absolute atomic E-state index is 8.63. The number of rotatable bonds is 5. The monoisotopic (exact) mass is 190 g/mol. The van der Waals surface area contributed by atoms with Crippen molar-refractivity contribution in [1.29, 1.82) is 0 Å². The SMILES string of the molecule is OCCCOc1nnc(CO)s1. The van der Waals surface area contributed by atoms with E-state index in [1.807, 2.05) is 0 Å². The number of hydrogen-bond donors (Lipinski definition) is 2. The number of hydrogen-bond acceptors (Lipinski definition) is 6. The minimum absolute atomic E-state index is 0.103. The molecule has 68 valence electrons. The van der Waals surface area contributed by atoms with Crippen molar-refractivity contribution >= 4 is 11.3 Å². The molecule has 5 nitrogen and oxygen atoms in total. The van der Waals surface area contributed by atoms with E-state index in [9.17, 15) is 0 Å². The highest BCUT2D eigenvalue weighted by Crippen LogP contribution is 2.17. The lowest BCUT2D eigenvalue weighted by Crippen LogP contribution is -1.98. The predicted molar refractivity (Wildman–Crippen MR) is 43.0 cm³/mol. The van der Waals surface area contributed by atoms with E-state index in [1.54, 1.807) is 0 Å². The van der Waals surface area contributed by atoms with E-state index >= 15 is 0 Å². The van der Waals surface area contributed by atoms with Gasteiger partial charge in [0.25, 0.3) is 5.19 Å². The molecule has 0 fully saturated rings. The molecule has 1 aromatic heterocycles. The first kappa shape index (κ1) is 9.37. The second-order valence-electron chi connectivity index (χ2n) is 2.05. The van der Waals surface area contributed by atoms with E-state index < -0.39 is 0 Å². The third kappa shape index (κ3) is 2.72. The van der Waals surface area contributed by atoms with Gasteiger partial charge >= 0.3 is 0 Å². The van der Waals surface area contributed by atoms with E-state index in [0.717, 1.165) is 0 Å². The van der Waals surface area contributed by atoms with Gasteiger partial charge in [0.15, 0.2) is 0 Å². The molecule has 6 heteroatoms. The molecule has 1 rings (SSSR count). The molecule has 0 aliphatic rings. The van der Waals surface area contributed by atoms with E-state index in [1.165, 1.54) is 11.3 Å². The average molecular weight is 190 g/mol. The molecule has 0 unspecified atom stereocenters. The Morgan fingerprint density at radius 2 is 2.17 bits per heavy atom. The third-order valence-electron chi connectivity index (χ3n) is 1.11. The number of aliphatic hydroxyl groups excluding tert-OH is 2. The lowest BCUT2D eigenvalue weighted by molar-refractivity contribution is 0.232. The van der Waals surface area contributed by atoms with Gasteiger partial charge in [-0.1, -0.05) is 16.4 Å². The van der Waals surface area contributed by atoms with Crippen LogP contribution in [-0.2, 0) is 6.61 Å². The van der Waals surface area contributed by atoms with Crippen molar-refractivity contribution in [2.24, 2.45) is 0 Å². The Balaban J connectivity index is 2.31. The van der Waals surface area contributed by atoms with Gasteiger partial charge in [-0.25, -0.2) is 0 Å². The van der Waals surface area contributed by atoms with Crippen LogP contribution in [0.3, 0.4) is 0 Å².